The number of hydrogen-bond acceptors (Lipinski definition) is 5. The quantitative estimate of drug-likeness (QED) is 0.872. The topological polar surface area (TPSA) is 116 Å². The molecule has 8 nitrogen and oxygen atoms in total. The fourth-order valence-corrected chi connectivity index (χ4v) is 3.10. The number of oxazole rings is 1. The van der Waals surface area contributed by atoms with Gasteiger partial charge in [0, 0.05) is 25.2 Å². The molecule has 3 rings (SSSR count). The summed E-state index contributed by atoms with van der Waals surface area (Å²) in [6.07, 6.45) is 6.47. The Balaban J connectivity index is 1.71. The molecule has 1 aliphatic rings. The second-order valence-electron chi connectivity index (χ2n) is 6.26. The van der Waals surface area contributed by atoms with E-state index in [1.165, 1.54) is 0 Å². The van der Waals surface area contributed by atoms with Crippen LogP contribution in [0.5, 0.6) is 0 Å². The van der Waals surface area contributed by atoms with E-state index >= 15 is 0 Å². The maximum Gasteiger partial charge on any atom is 0.273 e. The van der Waals surface area contributed by atoms with Gasteiger partial charge in [-0.3, -0.25) is 14.3 Å². The molecule has 2 amide bonds. The summed E-state index contributed by atoms with van der Waals surface area (Å²) in [6, 6.07) is -0.0679. The third kappa shape index (κ3) is 3.32. The number of primary amides is 1. The molecule has 2 aromatic rings. The molecule has 2 aromatic heterocycles. The lowest BCUT2D eigenvalue weighted by atomic mass is 9.85. The molecule has 2 unspecified atom stereocenters. The molecule has 2 heterocycles. The van der Waals surface area contributed by atoms with Crippen molar-refractivity contribution in [2.24, 2.45) is 18.7 Å². The maximum atomic E-state index is 12.5. The van der Waals surface area contributed by atoms with Crippen molar-refractivity contribution < 1.29 is 14.0 Å². The number of nitrogens with one attached hydrogen (secondary N) is 1. The number of nitrogens with two attached hydrogens (primary N) is 1. The normalized spacial score (nSPS) is 20.8. The summed E-state index contributed by atoms with van der Waals surface area (Å²) in [5, 5.41) is 7.01. The largest absolute Gasteiger partial charge is 0.440 e. The first-order chi connectivity index (χ1) is 11.4. The number of aromatic nitrogens is 3. The van der Waals surface area contributed by atoms with E-state index in [0.717, 1.165) is 19.3 Å². The molecule has 0 spiro atoms. The lowest BCUT2D eigenvalue weighted by molar-refractivity contribution is -0.122. The lowest BCUT2D eigenvalue weighted by Crippen LogP contribution is -2.41. The monoisotopic (exact) mass is 331 g/mol. The van der Waals surface area contributed by atoms with E-state index in [9.17, 15) is 9.59 Å². The Morgan fingerprint density at radius 3 is 2.88 bits per heavy atom. The number of hydrogen-bond donors (Lipinski definition) is 2. The van der Waals surface area contributed by atoms with Crippen molar-refractivity contribution in [1.82, 2.24) is 20.1 Å². The zero-order valence-corrected chi connectivity index (χ0v) is 13.8. The van der Waals surface area contributed by atoms with Gasteiger partial charge in [0.2, 0.25) is 11.8 Å². The maximum absolute atomic E-state index is 12.5. The highest BCUT2D eigenvalue weighted by Gasteiger charge is 2.28. The third-order valence-electron chi connectivity index (χ3n) is 4.38. The summed E-state index contributed by atoms with van der Waals surface area (Å²) in [4.78, 5) is 28.1. The van der Waals surface area contributed by atoms with Gasteiger partial charge in [-0.2, -0.15) is 5.10 Å². The van der Waals surface area contributed by atoms with Gasteiger partial charge in [-0.05, 0) is 26.2 Å². The van der Waals surface area contributed by atoms with Crippen molar-refractivity contribution in [2.45, 2.75) is 38.6 Å². The van der Waals surface area contributed by atoms with E-state index < -0.39 is 0 Å². The molecule has 1 aliphatic carbocycles. The summed E-state index contributed by atoms with van der Waals surface area (Å²) >= 11 is 0. The van der Waals surface area contributed by atoms with Crippen molar-refractivity contribution in [2.75, 3.05) is 0 Å². The SMILES string of the molecule is Cc1oc(-c2cnn(C)c2)nc1C(=O)NC1CCCC(C(N)=O)C1. The molecule has 0 bridgehead atoms. The molecular formula is C16H21N5O3. The van der Waals surface area contributed by atoms with Gasteiger partial charge in [-0.15, -0.1) is 0 Å². The standard InChI is InChI=1S/C16H21N5O3/c1-9-13(20-16(24-9)11-7-18-21(2)8-11)15(23)19-12-5-3-4-10(6-12)14(17)22/h7-8,10,12H,3-6H2,1-2H3,(H2,17,22)(H,19,23). The highest BCUT2D eigenvalue weighted by Crippen LogP contribution is 2.25. The van der Waals surface area contributed by atoms with Gasteiger partial charge >= 0.3 is 0 Å². The van der Waals surface area contributed by atoms with Crippen LogP contribution in [0.3, 0.4) is 0 Å². The second-order valence-corrected chi connectivity index (χ2v) is 6.26. The van der Waals surface area contributed by atoms with Crippen LogP contribution in [0.2, 0.25) is 0 Å². The molecule has 3 N–H and O–H groups in total. The summed E-state index contributed by atoms with van der Waals surface area (Å²) in [5.41, 5.74) is 6.35. The summed E-state index contributed by atoms with van der Waals surface area (Å²) in [7, 11) is 1.80. The molecule has 128 valence electrons. The first-order valence-electron chi connectivity index (χ1n) is 8.00. The molecule has 1 fully saturated rings. The Hall–Kier alpha value is -2.64. The van der Waals surface area contributed by atoms with Crippen LogP contribution >= 0.6 is 0 Å². The third-order valence-corrected chi connectivity index (χ3v) is 4.38. The van der Waals surface area contributed by atoms with Crippen LogP contribution in [-0.4, -0.2) is 32.6 Å². The highest BCUT2D eigenvalue weighted by molar-refractivity contribution is 5.94. The minimum Gasteiger partial charge on any atom is -0.440 e. The summed E-state index contributed by atoms with van der Waals surface area (Å²) in [6.45, 7) is 1.70. The Morgan fingerprint density at radius 2 is 2.21 bits per heavy atom. The van der Waals surface area contributed by atoms with E-state index in [-0.39, 0.29) is 29.5 Å². The van der Waals surface area contributed by atoms with Crippen molar-refractivity contribution in [1.29, 1.82) is 0 Å². The molecule has 0 radical (unpaired) electrons. The van der Waals surface area contributed by atoms with Crippen LogP contribution in [0, 0.1) is 12.8 Å². The van der Waals surface area contributed by atoms with Gasteiger partial charge in [0.15, 0.2) is 5.69 Å². The molecule has 0 saturated heterocycles. The number of amides is 2. The van der Waals surface area contributed by atoms with E-state index in [2.05, 4.69) is 15.4 Å². The van der Waals surface area contributed by atoms with E-state index in [4.69, 9.17) is 10.2 Å². The van der Waals surface area contributed by atoms with Crippen LogP contribution in [0.4, 0.5) is 0 Å². The van der Waals surface area contributed by atoms with Crippen LogP contribution in [0.1, 0.15) is 41.9 Å². The van der Waals surface area contributed by atoms with Crippen molar-refractivity contribution >= 4 is 11.8 Å². The molecule has 8 heteroatoms. The molecule has 1 saturated carbocycles. The van der Waals surface area contributed by atoms with Crippen LogP contribution < -0.4 is 11.1 Å². The fraction of sp³-hybridized carbons (Fsp3) is 0.500. The Bertz CT molecular complexity index is 764. The second kappa shape index (κ2) is 6.46. The van der Waals surface area contributed by atoms with Gasteiger partial charge in [0.05, 0.1) is 11.8 Å². The van der Waals surface area contributed by atoms with E-state index in [0.29, 0.717) is 23.6 Å². The molecule has 24 heavy (non-hydrogen) atoms. The van der Waals surface area contributed by atoms with E-state index in [1.807, 2.05) is 0 Å². The average molecular weight is 331 g/mol. The van der Waals surface area contributed by atoms with Crippen LogP contribution in [0.15, 0.2) is 16.8 Å². The number of nitrogens with zero attached hydrogens (tertiary/aromatic N) is 3. The Morgan fingerprint density at radius 1 is 1.42 bits per heavy atom. The van der Waals surface area contributed by atoms with Crippen LogP contribution in [-0.2, 0) is 11.8 Å². The minimum absolute atomic E-state index is 0.0679. The minimum atomic E-state index is -0.301. The first-order valence-corrected chi connectivity index (χ1v) is 8.00. The highest BCUT2D eigenvalue weighted by atomic mass is 16.4. The molecule has 0 aromatic carbocycles. The average Bonchev–Trinajstić information content (AvgIpc) is 3.13. The van der Waals surface area contributed by atoms with Gasteiger partial charge in [0.25, 0.3) is 5.91 Å². The molecule has 2 atom stereocenters. The lowest BCUT2D eigenvalue weighted by Gasteiger charge is -2.27. The fourth-order valence-electron chi connectivity index (χ4n) is 3.10. The smallest absolute Gasteiger partial charge is 0.273 e. The van der Waals surface area contributed by atoms with Crippen molar-refractivity contribution in [3.63, 3.8) is 0 Å². The molecular weight excluding hydrogens is 310 g/mol. The zero-order valence-electron chi connectivity index (χ0n) is 13.8. The predicted molar refractivity (Wildman–Crippen MR) is 85.8 cm³/mol. The Kier molecular flexibility index (Phi) is 4.37. The van der Waals surface area contributed by atoms with Crippen LogP contribution in [0.25, 0.3) is 11.5 Å². The van der Waals surface area contributed by atoms with E-state index in [1.54, 1.807) is 31.0 Å². The van der Waals surface area contributed by atoms with Crippen molar-refractivity contribution in [3.8, 4) is 11.5 Å². The summed E-state index contributed by atoms with van der Waals surface area (Å²) in [5.74, 6) is 0.0540. The molecule has 0 aliphatic heterocycles. The number of aryl methyl sites for hydroxylation is 2. The van der Waals surface area contributed by atoms with Gasteiger partial charge in [-0.25, -0.2) is 4.98 Å². The number of carbonyl (C=O) groups excluding carboxylic acids is 2. The van der Waals surface area contributed by atoms with Gasteiger partial charge in [0.1, 0.15) is 5.76 Å². The summed E-state index contributed by atoms with van der Waals surface area (Å²) < 4.78 is 7.22. The van der Waals surface area contributed by atoms with Gasteiger partial charge in [-0.1, -0.05) is 6.42 Å². The Labute approximate surface area is 139 Å². The number of carbonyl (C=O) groups is 2. The predicted octanol–water partition coefficient (Wildman–Crippen LogP) is 1.16. The zero-order chi connectivity index (χ0) is 17.3. The number of rotatable bonds is 4. The first kappa shape index (κ1) is 16.2. The van der Waals surface area contributed by atoms with Crippen molar-refractivity contribution in [3.05, 3.63) is 23.8 Å². The van der Waals surface area contributed by atoms with Gasteiger partial charge < -0.3 is 15.5 Å².